The minimum absolute atomic E-state index is 0.562. The Morgan fingerprint density at radius 1 is 0.818 bits per heavy atom. The highest BCUT2D eigenvalue weighted by atomic mass is 32.2. The van der Waals surface area contributed by atoms with E-state index in [-0.39, 0.29) is 0 Å². The van der Waals surface area contributed by atoms with Crippen molar-refractivity contribution in [3.8, 4) is 0 Å². The van der Waals surface area contributed by atoms with E-state index in [1.807, 2.05) is 0 Å². The zero-order chi connectivity index (χ0) is 16.7. The van der Waals surface area contributed by atoms with Gasteiger partial charge in [0.15, 0.2) is 0 Å². The van der Waals surface area contributed by atoms with Crippen molar-refractivity contribution in [2.45, 2.75) is 103 Å². The molecule has 1 atom stereocenters. The van der Waals surface area contributed by atoms with Crippen LogP contribution >= 0.6 is 0 Å². The van der Waals surface area contributed by atoms with Gasteiger partial charge in [-0.3, -0.25) is 4.55 Å². The van der Waals surface area contributed by atoms with Gasteiger partial charge in [-0.15, -0.1) is 0 Å². The van der Waals surface area contributed by atoms with Crippen LogP contribution in [0.5, 0.6) is 0 Å². The highest BCUT2D eigenvalue weighted by Crippen LogP contribution is 2.12. The third-order valence-corrected chi connectivity index (χ3v) is 5.38. The van der Waals surface area contributed by atoms with Crippen molar-refractivity contribution in [2.75, 3.05) is 0 Å². The molecule has 1 unspecified atom stereocenters. The van der Waals surface area contributed by atoms with Gasteiger partial charge in [0.25, 0.3) is 10.1 Å². The molecule has 0 aliphatic rings. The van der Waals surface area contributed by atoms with Gasteiger partial charge in [-0.05, 0) is 39.0 Å². The molecular formula is C18H36O3S. The molecule has 0 amide bonds. The second kappa shape index (κ2) is 14.3. The van der Waals surface area contributed by atoms with Crippen molar-refractivity contribution in [3.63, 3.8) is 0 Å². The lowest BCUT2D eigenvalue weighted by Crippen LogP contribution is -2.16. The summed E-state index contributed by atoms with van der Waals surface area (Å²) in [5.41, 5.74) is 0. The van der Waals surface area contributed by atoms with Gasteiger partial charge in [0.2, 0.25) is 0 Å². The Labute approximate surface area is 138 Å². The van der Waals surface area contributed by atoms with Crippen LogP contribution in [-0.2, 0) is 10.1 Å². The molecule has 0 aromatic heterocycles. The molecule has 0 fully saturated rings. The lowest BCUT2D eigenvalue weighted by Gasteiger charge is -2.06. The summed E-state index contributed by atoms with van der Waals surface area (Å²) in [5.74, 6) is 0. The second-order valence-corrected chi connectivity index (χ2v) is 8.18. The van der Waals surface area contributed by atoms with E-state index in [4.69, 9.17) is 4.55 Å². The zero-order valence-electron chi connectivity index (χ0n) is 14.6. The first kappa shape index (κ1) is 21.6. The summed E-state index contributed by atoms with van der Waals surface area (Å²) in [7, 11) is -3.83. The van der Waals surface area contributed by atoms with Gasteiger partial charge in [0.05, 0.1) is 5.25 Å². The van der Waals surface area contributed by atoms with Crippen molar-refractivity contribution in [1.82, 2.24) is 0 Å². The van der Waals surface area contributed by atoms with Crippen LogP contribution in [0.15, 0.2) is 12.2 Å². The van der Waals surface area contributed by atoms with Crippen molar-refractivity contribution in [1.29, 1.82) is 0 Å². The summed E-state index contributed by atoms with van der Waals surface area (Å²) >= 11 is 0. The average Bonchev–Trinajstić information content (AvgIpc) is 2.46. The summed E-state index contributed by atoms with van der Waals surface area (Å²) in [6.45, 7) is 3.82. The maximum absolute atomic E-state index is 10.8. The van der Waals surface area contributed by atoms with Gasteiger partial charge in [-0.1, -0.05) is 70.4 Å². The summed E-state index contributed by atoms with van der Waals surface area (Å²) in [5, 5.41) is -0.621. The maximum Gasteiger partial charge on any atom is 0.267 e. The maximum atomic E-state index is 10.8. The average molecular weight is 333 g/mol. The smallest absolute Gasteiger partial charge is 0.267 e. The molecule has 132 valence electrons. The van der Waals surface area contributed by atoms with Crippen LogP contribution in [0.3, 0.4) is 0 Å². The number of allylic oxidation sites excluding steroid dienone is 2. The molecule has 0 saturated heterocycles. The van der Waals surface area contributed by atoms with Gasteiger partial charge in [0.1, 0.15) is 0 Å². The molecule has 0 aliphatic heterocycles. The second-order valence-electron chi connectivity index (χ2n) is 6.34. The highest BCUT2D eigenvalue weighted by molar-refractivity contribution is 7.86. The quantitative estimate of drug-likeness (QED) is 0.230. The number of rotatable bonds is 15. The Bertz CT molecular complexity index is 361. The Morgan fingerprint density at radius 3 is 1.77 bits per heavy atom. The van der Waals surface area contributed by atoms with Crippen molar-refractivity contribution >= 4 is 10.1 Å². The normalized spacial score (nSPS) is 13.8. The standard InChI is InChI=1S/C18H36O3S/c1-3-4-5-6-7-8-9-10-11-12-13-14-15-16-17-18(2)22(19,20)21/h10-11,18H,3-9,12-17H2,1-2H3,(H,19,20,21)/b11-10-. The Balaban J connectivity index is 3.27. The topological polar surface area (TPSA) is 54.4 Å². The van der Waals surface area contributed by atoms with E-state index in [1.165, 1.54) is 51.4 Å². The predicted molar refractivity (Wildman–Crippen MR) is 95.8 cm³/mol. The molecule has 22 heavy (non-hydrogen) atoms. The van der Waals surface area contributed by atoms with Crippen LogP contribution in [-0.4, -0.2) is 18.2 Å². The van der Waals surface area contributed by atoms with E-state index < -0.39 is 15.4 Å². The van der Waals surface area contributed by atoms with Crippen LogP contribution in [0, 0.1) is 0 Å². The largest absolute Gasteiger partial charge is 0.285 e. The molecule has 3 nitrogen and oxygen atoms in total. The lowest BCUT2D eigenvalue weighted by atomic mass is 10.1. The lowest BCUT2D eigenvalue weighted by molar-refractivity contribution is 0.462. The first-order valence-electron chi connectivity index (χ1n) is 9.09. The van der Waals surface area contributed by atoms with Gasteiger partial charge < -0.3 is 0 Å². The molecule has 4 heteroatoms. The van der Waals surface area contributed by atoms with E-state index in [0.29, 0.717) is 6.42 Å². The predicted octanol–water partition coefficient (Wildman–Crippen LogP) is 5.91. The van der Waals surface area contributed by atoms with E-state index in [2.05, 4.69) is 19.1 Å². The van der Waals surface area contributed by atoms with Crippen molar-refractivity contribution in [3.05, 3.63) is 12.2 Å². The minimum atomic E-state index is -3.83. The van der Waals surface area contributed by atoms with Gasteiger partial charge in [-0.25, -0.2) is 0 Å². The van der Waals surface area contributed by atoms with Crippen molar-refractivity contribution in [2.24, 2.45) is 0 Å². The third kappa shape index (κ3) is 14.6. The zero-order valence-corrected chi connectivity index (χ0v) is 15.4. The van der Waals surface area contributed by atoms with Crippen LogP contribution in [0.4, 0.5) is 0 Å². The fraction of sp³-hybridized carbons (Fsp3) is 0.889. The summed E-state index contributed by atoms with van der Waals surface area (Å²) in [4.78, 5) is 0. The Morgan fingerprint density at radius 2 is 1.27 bits per heavy atom. The molecule has 0 radical (unpaired) electrons. The highest BCUT2D eigenvalue weighted by Gasteiger charge is 2.15. The summed E-state index contributed by atoms with van der Waals surface area (Å²) < 4.78 is 30.5. The molecule has 0 saturated carbocycles. The molecule has 0 aliphatic carbocycles. The van der Waals surface area contributed by atoms with E-state index >= 15 is 0 Å². The van der Waals surface area contributed by atoms with Crippen LogP contribution in [0.25, 0.3) is 0 Å². The van der Waals surface area contributed by atoms with E-state index in [1.54, 1.807) is 6.92 Å². The number of hydrogen-bond donors (Lipinski definition) is 1. The van der Waals surface area contributed by atoms with E-state index in [0.717, 1.165) is 25.7 Å². The molecule has 0 bridgehead atoms. The van der Waals surface area contributed by atoms with Crippen LogP contribution in [0.2, 0.25) is 0 Å². The fourth-order valence-electron chi connectivity index (χ4n) is 2.47. The van der Waals surface area contributed by atoms with E-state index in [9.17, 15) is 8.42 Å². The molecule has 0 spiro atoms. The van der Waals surface area contributed by atoms with Crippen LogP contribution < -0.4 is 0 Å². The third-order valence-electron chi connectivity index (χ3n) is 4.13. The molecular weight excluding hydrogens is 296 g/mol. The molecule has 0 aromatic carbocycles. The Hall–Kier alpha value is -0.350. The SMILES string of the molecule is CCCCCCCC/C=C\CCCCCCC(C)S(=O)(=O)O. The summed E-state index contributed by atoms with van der Waals surface area (Å²) in [6, 6.07) is 0. The molecule has 0 aromatic rings. The van der Waals surface area contributed by atoms with Gasteiger partial charge in [0, 0.05) is 0 Å². The van der Waals surface area contributed by atoms with Crippen molar-refractivity contribution < 1.29 is 13.0 Å². The minimum Gasteiger partial charge on any atom is -0.285 e. The number of unbranched alkanes of at least 4 members (excludes halogenated alkanes) is 10. The first-order valence-corrected chi connectivity index (χ1v) is 10.6. The van der Waals surface area contributed by atoms with Crippen LogP contribution in [0.1, 0.15) is 97.3 Å². The van der Waals surface area contributed by atoms with Gasteiger partial charge in [-0.2, -0.15) is 8.42 Å². The Kier molecular flexibility index (Phi) is 14.0. The fourth-order valence-corrected chi connectivity index (χ4v) is 2.94. The number of hydrogen-bond acceptors (Lipinski definition) is 2. The first-order chi connectivity index (χ1) is 10.5. The summed E-state index contributed by atoms with van der Waals surface area (Å²) in [6.07, 6.45) is 19.8. The molecule has 0 heterocycles. The monoisotopic (exact) mass is 332 g/mol. The van der Waals surface area contributed by atoms with Gasteiger partial charge >= 0.3 is 0 Å². The molecule has 1 N–H and O–H groups in total. The molecule has 0 rings (SSSR count).